The lowest BCUT2D eigenvalue weighted by Crippen LogP contribution is -2.50. The van der Waals surface area contributed by atoms with Crippen LogP contribution in [0.5, 0.6) is 0 Å². The number of pyridine rings is 1. The van der Waals surface area contributed by atoms with E-state index >= 15 is 0 Å². The molecule has 3 saturated carbocycles. The lowest BCUT2D eigenvalue weighted by molar-refractivity contribution is -0.135. The molecule has 3 aliphatic carbocycles. The molecule has 1 aromatic rings. The molecule has 32 heavy (non-hydrogen) atoms. The van der Waals surface area contributed by atoms with Crippen LogP contribution in [0.3, 0.4) is 0 Å². The van der Waals surface area contributed by atoms with Crippen molar-refractivity contribution in [3.8, 4) is 0 Å². The minimum Gasteiger partial charge on any atom is -0.369 e. The summed E-state index contributed by atoms with van der Waals surface area (Å²) < 4.78 is 5.80. The van der Waals surface area contributed by atoms with Gasteiger partial charge in [0.1, 0.15) is 12.9 Å². The van der Waals surface area contributed by atoms with E-state index in [2.05, 4.69) is 25.8 Å². The lowest BCUT2D eigenvalue weighted by atomic mass is 9.47. The molecule has 0 aromatic carbocycles. The van der Waals surface area contributed by atoms with Crippen LogP contribution in [0, 0.1) is 34.5 Å². The van der Waals surface area contributed by atoms with Gasteiger partial charge in [0, 0.05) is 18.3 Å². The zero-order chi connectivity index (χ0) is 22.8. The standard InChI is InChI=1S/C28H39NO3/c1-4-13-27(2)21(12-16-30)7-8-22-23-9-10-25(28(23,3)14-11-24(22)27)26(31)19-32-18-20-6-5-15-29-17-20/h5-6,12,15-17,22-25H,4,7-11,13-14,18-19H2,1-3H3/b21-12-. The summed E-state index contributed by atoms with van der Waals surface area (Å²) >= 11 is 0. The number of nitrogens with zero attached hydrogens (tertiary/aromatic N) is 1. The van der Waals surface area contributed by atoms with Crippen molar-refractivity contribution in [1.29, 1.82) is 0 Å². The number of rotatable bonds is 8. The van der Waals surface area contributed by atoms with E-state index in [4.69, 9.17) is 4.74 Å². The monoisotopic (exact) mass is 437 g/mol. The second kappa shape index (κ2) is 9.59. The maximum absolute atomic E-state index is 13.2. The number of carbonyl (C=O) groups is 2. The molecule has 0 radical (unpaired) electrons. The first-order chi connectivity index (χ1) is 15.4. The van der Waals surface area contributed by atoms with Crippen molar-refractivity contribution in [2.75, 3.05) is 6.61 Å². The molecule has 4 rings (SSSR count). The number of ketones is 1. The van der Waals surface area contributed by atoms with Crippen LogP contribution >= 0.6 is 0 Å². The lowest BCUT2D eigenvalue weighted by Gasteiger charge is -2.57. The van der Waals surface area contributed by atoms with Gasteiger partial charge in [-0.15, -0.1) is 0 Å². The molecule has 0 spiro atoms. The molecule has 0 amide bonds. The first kappa shape index (κ1) is 23.4. The summed E-state index contributed by atoms with van der Waals surface area (Å²) in [5.41, 5.74) is 2.60. The van der Waals surface area contributed by atoms with Gasteiger partial charge in [0.05, 0.1) is 6.61 Å². The van der Waals surface area contributed by atoms with E-state index in [9.17, 15) is 9.59 Å². The fraction of sp³-hybridized carbons (Fsp3) is 0.679. The number of ether oxygens (including phenoxy) is 1. The van der Waals surface area contributed by atoms with Crippen molar-refractivity contribution >= 4 is 12.1 Å². The van der Waals surface area contributed by atoms with E-state index in [1.165, 1.54) is 18.4 Å². The van der Waals surface area contributed by atoms with Crippen LogP contribution in [0.25, 0.3) is 0 Å². The van der Waals surface area contributed by atoms with Crippen LogP contribution in [0.1, 0.15) is 77.7 Å². The molecule has 174 valence electrons. The number of hydrogen-bond donors (Lipinski definition) is 0. The van der Waals surface area contributed by atoms with Crippen molar-refractivity contribution in [3.63, 3.8) is 0 Å². The quantitative estimate of drug-likeness (QED) is 0.372. The SMILES string of the molecule is CCCC1(C)/C(=C\C=O)CCC2C1CCC1(C)C(C(=O)COCc3cccnc3)CCC21. The van der Waals surface area contributed by atoms with Gasteiger partial charge in [-0.1, -0.05) is 38.8 Å². The van der Waals surface area contributed by atoms with Crippen LogP contribution in [0.4, 0.5) is 0 Å². The Morgan fingerprint density at radius 3 is 2.78 bits per heavy atom. The summed E-state index contributed by atoms with van der Waals surface area (Å²) in [5, 5.41) is 0. The van der Waals surface area contributed by atoms with E-state index in [0.29, 0.717) is 24.4 Å². The highest BCUT2D eigenvalue weighted by Gasteiger charge is 2.59. The maximum atomic E-state index is 13.2. The third-order valence-electron chi connectivity index (χ3n) is 9.40. The smallest absolute Gasteiger partial charge is 0.162 e. The molecule has 3 aliphatic rings. The largest absolute Gasteiger partial charge is 0.369 e. The predicted molar refractivity (Wildman–Crippen MR) is 126 cm³/mol. The summed E-state index contributed by atoms with van der Waals surface area (Å²) in [6, 6.07) is 3.88. The average Bonchev–Trinajstić information content (AvgIpc) is 3.14. The van der Waals surface area contributed by atoms with Gasteiger partial charge in [0.15, 0.2) is 5.78 Å². The second-order valence-corrected chi connectivity index (χ2v) is 10.9. The first-order valence-electron chi connectivity index (χ1n) is 12.6. The molecule has 0 N–H and O–H groups in total. The summed E-state index contributed by atoms with van der Waals surface area (Å²) in [4.78, 5) is 28.7. The van der Waals surface area contributed by atoms with Gasteiger partial charge in [0.25, 0.3) is 0 Å². The fourth-order valence-electron chi connectivity index (χ4n) is 7.93. The summed E-state index contributed by atoms with van der Waals surface area (Å²) in [6.45, 7) is 7.71. The molecule has 0 aliphatic heterocycles. The Hall–Kier alpha value is -1.81. The Morgan fingerprint density at radius 2 is 2.06 bits per heavy atom. The Balaban J connectivity index is 1.45. The van der Waals surface area contributed by atoms with E-state index in [0.717, 1.165) is 50.4 Å². The van der Waals surface area contributed by atoms with Crippen molar-refractivity contribution in [1.82, 2.24) is 4.98 Å². The first-order valence-corrected chi connectivity index (χ1v) is 12.6. The Morgan fingerprint density at radius 1 is 1.22 bits per heavy atom. The fourth-order valence-corrected chi connectivity index (χ4v) is 7.93. The van der Waals surface area contributed by atoms with Crippen LogP contribution in [0.15, 0.2) is 36.2 Å². The third kappa shape index (κ3) is 4.11. The molecule has 0 saturated heterocycles. The molecular weight excluding hydrogens is 398 g/mol. The van der Waals surface area contributed by atoms with Crippen molar-refractivity contribution in [3.05, 3.63) is 41.7 Å². The van der Waals surface area contributed by atoms with Gasteiger partial charge in [-0.25, -0.2) is 0 Å². The van der Waals surface area contributed by atoms with E-state index in [1.807, 2.05) is 18.2 Å². The van der Waals surface area contributed by atoms with Crippen molar-refractivity contribution in [2.45, 2.75) is 78.7 Å². The molecule has 3 fully saturated rings. The van der Waals surface area contributed by atoms with Crippen molar-refractivity contribution < 1.29 is 14.3 Å². The Bertz CT molecular complexity index is 849. The number of Topliss-reactive ketones (excluding diaryl/α,β-unsaturated/α-hetero) is 1. The molecular formula is C28H39NO3. The highest BCUT2D eigenvalue weighted by Crippen LogP contribution is 2.66. The molecule has 1 heterocycles. The average molecular weight is 438 g/mol. The number of aromatic nitrogens is 1. The highest BCUT2D eigenvalue weighted by molar-refractivity contribution is 5.83. The second-order valence-electron chi connectivity index (χ2n) is 10.9. The van der Waals surface area contributed by atoms with Gasteiger partial charge in [0.2, 0.25) is 0 Å². The Kier molecular flexibility index (Phi) is 7.00. The minimum absolute atomic E-state index is 0.0922. The van der Waals surface area contributed by atoms with Crippen molar-refractivity contribution in [2.24, 2.45) is 34.5 Å². The van der Waals surface area contributed by atoms with Crippen LogP contribution in [-0.4, -0.2) is 23.7 Å². The van der Waals surface area contributed by atoms with E-state index in [1.54, 1.807) is 12.4 Å². The number of carbonyl (C=O) groups excluding carboxylic acids is 2. The number of aldehydes is 1. The van der Waals surface area contributed by atoms with Gasteiger partial charge in [-0.05, 0) is 91.2 Å². The van der Waals surface area contributed by atoms with Gasteiger partial charge in [-0.3, -0.25) is 14.6 Å². The van der Waals surface area contributed by atoms with Gasteiger partial charge >= 0.3 is 0 Å². The normalized spacial score (nSPS) is 37.7. The zero-order valence-electron chi connectivity index (χ0n) is 20.0. The predicted octanol–water partition coefficient (Wildman–Crippen LogP) is 5.95. The summed E-state index contributed by atoms with van der Waals surface area (Å²) in [7, 11) is 0. The van der Waals surface area contributed by atoms with Gasteiger partial charge < -0.3 is 4.74 Å². The number of allylic oxidation sites excluding steroid dienone is 2. The van der Waals surface area contributed by atoms with Gasteiger partial charge in [-0.2, -0.15) is 0 Å². The maximum Gasteiger partial charge on any atom is 0.162 e. The molecule has 1 aromatic heterocycles. The zero-order valence-corrected chi connectivity index (χ0v) is 20.0. The van der Waals surface area contributed by atoms with Crippen LogP contribution < -0.4 is 0 Å². The molecule has 6 atom stereocenters. The minimum atomic E-state index is 0.0922. The molecule has 4 heteroatoms. The number of hydrogen-bond acceptors (Lipinski definition) is 4. The van der Waals surface area contributed by atoms with E-state index < -0.39 is 0 Å². The third-order valence-corrected chi connectivity index (χ3v) is 9.40. The summed E-state index contributed by atoms with van der Waals surface area (Å²) in [6.07, 6.45) is 15.4. The molecule has 0 bridgehead atoms. The number of fused-ring (bicyclic) bond motifs is 3. The summed E-state index contributed by atoms with van der Waals surface area (Å²) in [5.74, 6) is 2.32. The van der Waals surface area contributed by atoms with E-state index in [-0.39, 0.29) is 29.1 Å². The molecule has 4 nitrogen and oxygen atoms in total. The van der Waals surface area contributed by atoms with Crippen LogP contribution in [-0.2, 0) is 20.9 Å². The Labute approximate surface area is 193 Å². The molecule has 6 unspecified atom stereocenters. The topological polar surface area (TPSA) is 56.3 Å². The highest BCUT2D eigenvalue weighted by atomic mass is 16.5. The van der Waals surface area contributed by atoms with Crippen LogP contribution in [0.2, 0.25) is 0 Å².